The molecule has 5 heteroatoms. The predicted octanol–water partition coefficient (Wildman–Crippen LogP) is 2.84. The van der Waals surface area contributed by atoms with Crippen LogP contribution in [0.3, 0.4) is 0 Å². The van der Waals surface area contributed by atoms with Crippen molar-refractivity contribution >= 4 is 23.2 Å². The Hall–Kier alpha value is -2.95. The van der Waals surface area contributed by atoms with Crippen molar-refractivity contribution in [2.45, 2.75) is 12.1 Å². The average molecular weight is 291 g/mol. The second-order valence-corrected chi connectivity index (χ2v) is 5.12. The van der Waals surface area contributed by atoms with Gasteiger partial charge in [0, 0.05) is 24.0 Å². The highest BCUT2D eigenvalue weighted by atomic mass is 16.5. The molecule has 0 radical (unpaired) electrons. The number of aromatic nitrogens is 2. The van der Waals surface area contributed by atoms with E-state index in [1.165, 1.54) is 6.40 Å². The maximum atomic E-state index is 12.9. The van der Waals surface area contributed by atoms with Crippen molar-refractivity contribution in [2.24, 2.45) is 4.99 Å². The number of fused-ring (bicyclic) bond motifs is 1. The van der Waals surface area contributed by atoms with Gasteiger partial charge in [0.2, 0.25) is 0 Å². The molecule has 0 saturated carbocycles. The Morgan fingerprint density at radius 1 is 1.09 bits per heavy atom. The standard InChI is InChI=1S/C17H13N3O2/c21-17(20-10-7-12-3-1-2-4-14(12)20)15-16(22-11-19-15)13-5-8-18-9-6-13/h1-11,15-16H/t15-,16+/m0/s1. The summed E-state index contributed by atoms with van der Waals surface area (Å²) in [5, 5.41) is 1.03. The summed E-state index contributed by atoms with van der Waals surface area (Å²) in [4.78, 5) is 21.1. The highest BCUT2D eigenvalue weighted by molar-refractivity contribution is 5.96. The predicted molar refractivity (Wildman–Crippen MR) is 82.9 cm³/mol. The zero-order chi connectivity index (χ0) is 14.9. The topological polar surface area (TPSA) is 56.5 Å². The van der Waals surface area contributed by atoms with Gasteiger partial charge in [-0.3, -0.25) is 14.3 Å². The molecule has 4 rings (SSSR count). The fourth-order valence-electron chi connectivity index (χ4n) is 2.74. The third kappa shape index (κ3) is 1.98. The van der Waals surface area contributed by atoms with Gasteiger partial charge in [-0.2, -0.15) is 0 Å². The van der Waals surface area contributed by atoms with E-state index in [-0.39, 0.29) is 5.91 Å². The molecule has 0 unspecified atom stereocenters. The second-order valence-electron chi connectivity index (χ2n) is 5.12. The average Bonchev–Trinajstić information content (AvgIpc) is 3.22. The van der Waals surface area contributed by atoms with E-state index >= 15 is 0 Å². The maximum absolute atomic E-state index is 12.9. The lowest BCUT2D eigenvalue weighted by molar-refractivity contribution is 0.0815. The third-order valence-electron chi connectivity index (χ3n) is 3.84. The van der Waals surface area contributed by atoms with Crippen LogP contribution in [0.15, 0.2) is 66.0 Å². The molecule has 0 spiro atoms. The Labute approximate surface area is 126 Å². The fraction of sp³-hybridized carbons (Fsp3) is 0.118. The third-order valence-corrected chi connectivity index (χ3v) is 3.84. The first-order valence-electron chi connectivity index (χ1n) is 7.02. The molecule has 3 heterocycles. The summed E-state index contributed by atoms with van der Waals surface area (Å²) in [5.41, 5.74) is 1.77. The summed E-state index contributed by atoms with van der Waals surface area (Å²) >= 11 is 0. The number of benzene rings is 1. The number of ether oxygens (including phenoxy) is 1. The Kier molecular flexibility index (Phi) is 2.96. The number of aliphatic imine (C=N–C) groups is 1. The number of hydrogen-bond donors (Lipinski definition) is 0. The van der Waals surface area contributed by atoms with Crippen molar-refractivity contribution in [3.05, 3.63) is 66.6 Å². The van der Waals surface area contributed by atoms with E-state index in [0.717, 1.165) is 16.5 Å². The van der Waals surface area contributed by atoms with Crippen LogP contribution < -0.4 is 0 Å². The number of carbonyl (C=O) groups excluding carboxylic acids is 1. The van der Waals surface area contributed by atoms with Crippen molar-refractivity contribution in [3.63, 3.8) is 0 Å². The van der Waals surface area contributed by atoms with Gasteiger partial charge in [0.15, 0.2) is 18.5 Å². The van der Waals surface area contributed by atoms with Crippen molar-refractivity contribution in [2.75, 3.05) is 0 Å². The zero-order valence-corrected chi connectivity index (χ0v) is 11.7. The quantitative estimate of drug-likeness (QED) is 0.729. The van der Waals surface area contributed by atoms with Crippen LogP contribution >= 0.6 is 0 Å². The Morgan fingerprint density at radius 3 is 2.77 bits per heavy atom. The minimum atomic E-state index is -0.585. The highest BCUT2D eigenvalue weighted by Crippen LogP contribution is 2.28. The Bertz CT molecular complexity index is 854. The van der Waals surface area contributed by atoms with Gasteiger partial charge in [0.25, 0.3) is 5.91 Å². The van der Waals surface area contributed by atoms with Gasteiger partial charge in [0.1, 0.15) is 0 Å². The molecule has 108 valence electrons. The van der Waals surface area contributed by atoms with E-state index in [4.69, 9.17) is 4.74 Å². The molecule has 1 aromatic carbocycles. The molecule has 5 nitrogen and oxygen atoms in total. The number of nitrogens with zero attached hydrogens (tertiary/aromatic N) is 3. The lowest BCUT2D eigenvalue weighted by atomic mass is 10.0. The minimum absolute atomic E-state index is 0.100. The molecule has 0 amide bonds. The first-order valence-corrected chi connectivity index (χ1v) is 7.02. The number of pyridine rings is 1. The molecule has 2 aromatic heterocycles. The van der Waals surface area contributed by atoms with E-state index in [1.54, 1.807) is 23.2 Å². The van der Waals surface area contributed by atoms with Crippen LogP contribution in [0.5, 0.6) is 0 Å². The normalized spacial score (nSPS) is 20.2. The SMILES string of the molecule is O=C([C@H]1N=CO[C@@H]1c1ccncc1)n1ccc2ccccc21. The molecular weight excluding hydrogens is 278 g/mol. The van der Waals surface area contributed by atoms with Crippen LogP contribution in [0.4, 0.5) is 0 Å². The largest absolute Gasteiger partial charge is 0.473 e. The molecule has 0 aliphatic carbocycles. The molecule has 1 aliphatic rings. The Morgan fingerprint density at radius 2 is 1.91 bits per heavy atom. The van der Waals surface area contributed by atoms with E-state index in [2.05, 4.69) is 9.98 Å². The molecule has 0 bridgehead atoms. The van der Waals surface area contributed by atoms with Gasteiger partial charge in [0.05, 0.1) is 5.52 Å². The van der Waals surface area contributed by atoms with Crippen molar-refractivity contribution in [1.29, 1.82) is 0 Å². The zero-order valence-electron chi connectivity index (χ0n) is 11.7. The van der Waals surface area contributed by atoms with Crippen molar-refractivity contribution < 1.29 is 9.53 Å². The highest BCUT2D eigenvalue weighted by Gasteiger charge is 2.35. The lowest BCUT2D eigenvalue weighted by Gasteiger charge is -2.17. The van der Waals surface area contributed by atoms with Crippen LogP contribution in [-0.4, -0.2) is 27.9 Å². The first kappa shape index (κ1) is 12.8. The van der Waals surface area contributed by atoms with E-state index in [1.807, 2.05) is 42.5 Å². The van der Waals surface area contributed by atoms with Crippen LogP contribution in [0, 0.1) is 0 Å². The van der Waals surface area contributed by atoms with Gasteiger partial charge in [-0.25, -0.2) is 4.99 Å². The number of hydrogen-bond acceptors (Lipinski definition) is 4. The van der Waals surface area contributed by atoms with Crippen LogP contribution in [0.2, 0.25) is 0 Å². The molecule has 3 aromatic rings. The van der Waals surface area contributed by atoms with E-state index in [9.17, 15) is 4.79 Å². The fourth-order valence-corrected chi connectivity index (χ4v) is 2.74. The monoisotopic (exact) mass is 291 g/mol. The molecule has 0 saturated heterocycles. The van der Waals surface area contributed by atoms with E-state index in [0.29, 0.717) is 0 Å². The molecular formula is C17H13N3O2. The summed E-state index contributed by atoms with van der Waals surface area (Å²) in [6.07, 6.45) is 6.11. The van der Waals surface area contributed by atoms with Crippen LogP contribution in [0.25, 0.3) is 10.9 Å². The smallest absolute Gasteiger partial charge is 0.260 e. The van der Waals surface area contributed by atoms with Crippen molar-refractivity contribution in [1.82, 2.24) is 9.55 Å². The molecule has 2 atom stereocenters. The number of rotatable bonds is 2. The van der Waals surface area contributed by atoms with Gasteiger partial charge < -0.3 is 4.74 Å². The summed E-state index contributed by atoms with van der Waals surface area (Å²) < 4.78 is 7.17. The van der Waals surface area contributed by atoms with Gasteiger partial charge >= 0.3 is 0 Å². The molecule has 22 heavy (non-hydrogen) atoms. The Balaban J connectivity index is 1.71. The maximum Gasteiger partial charge on any atom is 0.260 e. The van der Waals surface area contributed by atoms with Crippen molar-refractivity contribution in [3.8, 4) is 0 Å². The first-order chi connectivity index (χ1) is 10.8. The summed E-state index contributed by atoms with van der Waals surface area (Å²) in [5.74, 6) is -0.100. The lowest BCUT2D eigenvalue weighted by Crippen LogP contribution is -2.28. The van der Waals surface area contributed by atoms with E-state index < -0.39 is 12.1 Å². The summed E-state index contributed by atoms with van der Waals surface area (Å²) in [6, 6.07) is 12.8. The molecule has 0 N–H and O–H groups in total. The molecule has 0 fully saturated rings. The number of para-hydroxylation sites is 1. The minimum Gasteiger partial charge on any atom is -0.473 e. The second kappa shape index (κ2) is 5.11. The summed E-state index contributed by atoms with van der Waals surface area (Å²) in [7, 11) is 0. The van der Waals surface area contributed by atoms with Crippen LogP contribution in [0.1, 0.15) is 16.5 Å². The van der Waals surface area contributed by atoms with Gasteiger partial charge in [-0.15, -0.1) is 0 Å². The summed E-state index contributed by atoms with van der Waals surface area (Å²) in [6.45, 7) is 0. The molecule has 1 aliphatic heterocycles. The van der Waals surface area contributed by atoms with Crippen LogP contribution in [-0.2, 0) is 4.74 Å². The van der Waals surface area contributed by atoms with Gasteiger partial charge in [-0.1, -0.05) is 18.2 Å². The number of carbonyl (C=O) groups is 1. The van der Waals surface area contributed by atoms with Gasteiger partial charge in [-0.05, 0) is 29.8 Å².